The fraction of sp³-hybridized carbons (Fsp3) is 0.923. The number of urea groups is 1. The maximum absolute atomic E-state index is 12.3. The Labute approximate surface area is 105 Å². The van der Waals surface area contributed by atoms with Crippen LogP contribution >= 0.6 is 0 Å². The van der Waals surface area contributed by atoms with E-state index in [-0.39, 0.29) is 23.0 Å². The molecule has 100 valence electrons. The zero-order chi connectivity index (χ0) is 13.4. The normalized spacial score (nSPS) is 22.5. The third-order valence-corrected chi connectivity index (χ3v) is 3.84. The lowest BCUT2D eigenvalue weighted by Gasteiger charge is -2.35. The van der Waals surface area contributed by atoms with E-state index in [4.69, 9.17) is 5.73 Å². The van der Waals surface area contributed by atoms with E-state index in [0.717, 1.165) is 13.0 Å². The van der Waals surface area contributed by atoms with Crippen molar-refractivity contribution in [3.05, 3.63) is 0 Å². The molecule has 0 aromatic rings. The van der Waals surface area contributed by atoms with Crippen molar-refractivity contribution in [2.24, 2.45) is 11.1 Å². The molecule has 1 saturated heterocycles. The molecule has 0 saturated carbocycles. The van der Waals surface area contributed by atoms with Gasteiger partial charge >= 0.3 is 6.03 Å². The zero-order valence-electron chi connectivity index (χ0n) is 12.1. The van der Waals surface area contributed by atoms with Crippen molar-refractivity contribution >= 4 is 6.03 Å². The van der Waals surface area contributed by atoms with Crippen molar-refractivity contribution in [1.29, 1.82) is 0 Å². The molecule has 2 amide bonds. The Morgan fingerprint density at radius 1 is 1.29 bits per heavy atom. The third kappa shape index (κ3) is 2.73. The van der Waals surface area contributed by atoms with Gasteiger partial charge in [-0.05, 0) is 32.2 Å². The van der Waals surface area contributed by atoms with E-state index in [9.17, 15) is 4.79 Å². The van der Waals surface area contributed by atoms with E-state index in [1.807, 2.05) is 16.8 Å². The molecule has 1 aliphatic heterocycles. The van der Waals surface area contributed by atoms with Gasteiger partial charge in [0, 0.05) is 19.1 Å². The monoisotopic (exact) mass is 241 g/mol. The summed E-state index contributed by atoms with van der Waals surface area (Å²) in [4.78, 5) is 16.1. The smallest absolute Gasteiger partial charge is 0.320 e. The quantitative estimate of drug-likeness (QED) is 0.820. The molecule has 1 atom stereocenters. The SMILES string of the molecule is CN1C(=O)N(C(C)(C)CCN)CC1C(C)(C)C. The highest BCUT2D eigenvalue weighted by Crippen LogP contribution is 2.33. The Morgan fingerprint density at radius 2 is 1.82 bits per heavy atom. The van der Waals surface area contributed by atoms with Crippen molar-refractivity contribution in [2.45, 2.75) is 52.6 Å². The number of rotatable bonds is 3. The summed E-state index contributed by atoms with van der Waals surface area (Å²) in [5.41, 5.74) is 5.59. The average Bonchev–Trinajstić information content (AvgIpc) is 2.43. The molecular weight excluding hydrogens is 214 g/mol. The Hall–Kier alpha value is -0.770. The molecule has 1 rings (SSSR count). The minimum absolute atomic E-state index is 0.109. The molecule has 0 aliphatic carbocycles. The summed E-state index contributed by atoms with van der Waals surface area (Å²) in [5, 5.41) is 0. The van der Waals surface area contributed by atoms with Gasteiger partial charge in [0.05, 0.1) is 6.04 Å². The van der Waals surface area contributed by atoms with Gasteiger partial charge in [0.1, 0.15) is 0 Å². The Morgan fingerprint density at radius 3 is 2.18 bits per heavy atom. The van der Waals surface area contributed by atoms with Crippen LogP contribution in [0, 0.1) is 5.41 Å². The van der Waals surface area contributed by atoms with Gasteiger partial charge in [0.2, 0.25) is 0 Å². The lowest BCUT2D eigenvalue weighted by Crippen LogP contribution is -2.47. The summed E-state index contributed by atoms with van der Waals surface area (Å²) in [7, 11) is 1.90. The largest absolute Gasteiger partial charge is 0.330 e. The van der Waals surface area contributed by atoms with Crippen LogP contribution in [0.2, 0.25) is 0 Å². The highest BCUT2D eigenvalue weighted by molar-refractivity contribution is 5.78. The molecule has 1 heterocycles. The summed E-state index contributed by atoms with van der Waals surface area (Å²) >= 11 is 0. The Bertz CT molecular complexity index is 294. The van der Waals surface area contributed by atoms with Gasteiger partial charge < -0.3 is 15.5 Å². The molecule has 1 unspecified atom stereocenters. The number of hydrogen-bond donors (Lipinski definition) is 1. The predicted octanol–water partition coefficient (Wildman–Crippen LogP) is 1.90. The highest BCUT2D eigenvalue weighted by atomic mass is 16.2. The van der Waals surface area contributed by atoms with E-state index in [1.165, 1.54) is 0 Å². The fourth-order valence-corrected chi connectivity index (χ4v) is 2.55. The molecule has 17 heavy (non-hydrogen) atoms. The highest BCUT2D eigenvalue weighted by Gasteiger charge is 2.45. The first-order valence-electron chi connectivity index (χ1n) is 6.36. The summed E-state index contributed by atoms with van der Waals surface area (Å²) in [6.45, 7) is 12.1. The van der Waals surface area contributed by atoms with Crippen molar-refractivity contribution in [3.8, 4) is 0 Å². The van der Waals surface area contributed by atoms with E-state index in [1.54, 1.807) is 0 Å². The molecule has 4 heteroatoms. The van der Waals surface area contributed by atoms with Crippen LogP contribution in [-0.4, -0.2) is 47.5 Å². The van der Waals surface area contributed by atoms with E-state index in [2.05, 4.69) is 34.6 Å². The molecule has 0 spiro atoms. The van der Waals surface area contributed by atoms with Crippen LogP contribution in [0.5, 0.6) is 0 Å². The molecule has 0 aromatic heterocycles. The lowest BCUT2D eigenvalue weighted by molar-refractivity contribution is 0.145. The summed E-state index contributed by atoms with van der Waals surface area (Å²) in [5.74, 6) is 0. The van der Waals surface area contributed by atoms with Gasteiger partial charge in [-0.15, -0.1) is 0 Å². The van der Waals surface area contributed by atoms with Gasteiger partial charge in [-0.2, -0.15) is 0 Å². The number of nitrogens with two attached hydrogens (primary N) is 1. The van der Waals surface area contributed by atoms with Crippen molar-refractivity contribution < 1.29 is 4.79 Å². The molecule has 0 bridgehead atoms. The second-order valence-electron chi connectivity index (χ2n) is 6.74. The summed E-state index contributed by atoms with van der Waals surface area (Å²) in [6, 6.07) is 0.399. The molecule has 0 radical (unpaired) electrons. The topological polar surface area (TPSA) is 49.6 Å². The molecule has 4 nitrogen and oxygen atoms in total. The molecular formula is C13H27N3O. The number of hydrogen-bond acceptors (Lipinski definition) is 2. The maximum atomic E-state index is 12.3. The van der Waals surface area contributed by atoms with Gasteiger partial charge in [0.15, 0.2) is 0 Å². The van der Waals surface area contributed by atoms with Gasteiger partial charge in [0.25, 0.3) is 0 Å². The van der Waals surface area contributed by atoms with Crippen LogP contribution in [0.25, 0.3) is 0 Å². The van der Waals surface area contributed by atoms with E-state index >= 15 is 0 Å². The molecule has 0 aromatic carbocycles. The zero-order valence-corrected chi connectivity index (χ0v) is 12.1. The van der Waals surface area contributed by atoms with Gasteiger partial charge in [-0.25, -0.2) is 4.79 Å². The van der Waals surface area contributed by atoms with Crippen LogP contribution in [0.15, 0.2) is 0 Å². The number of likely N-dealkylation sites (N-methyl/N-ethyl adjacent to an activating group) is 1. The predicted molar refractivity (Wildman–Crippen MR) is 70.9 cm³/mol. The molecule has 1 aliphatic rings. The van der Waals surface area contributed by atoms with E-state index < -0.39 is 0 Å². The minimum atomic E-state index is -0.153. The standard InChI is InChI=1S/C13H27N3O/c1-12(2,3)10-9-16(11(17)15(10)6)13(4,5)7-8-14/h10H,7-9,14H2,1-6H3. The van der Waals surface area contributed by atoms with Crippen LogP contribution in [0.1, 0.15) is 41.0 Å². The Balaban J connectivity index is 2.90. The molecule has 2 N–H and O–H groups in total. The second kappa shape index (κ2) is 4.48. The van der Waals surface area contributed by atoms with E-state index in [0.29, 0.717) is 6.54 Å². The van der Waals surface area contributed by atoms with Crippen LogP contribution in [0.3, 0.4) is 0 Å². The number of nitrogens with zero attached hydrogens (tertiary/aromatic N) is 2. The minimum Gasteiger partial charge on any atom is -0.330 e. The summed E-state index contributed by atoms with van der Waals surface area (Å²) < 4.78 is 0. The van der Waals surface area contributed by atoms with Gasteiger partial charge in [-0.1, -0.05) is 20.8 Å². The van der Waals surface area contributed by atoms with Crippen LogP contribution in [-0.2, 0) is 0 Å². The van der Waals surface area contributed by atoms with Gasteiger partial charge in [-0.3, -0.25) is 0 Å². The first kappa shape index (κ1) is 14.3. The van der Waals surface area contributed by atoms with Crippen molar-refractivity contribution in [1.82, 2.24) is 9.80 Å². The second-order valence-corrected chi connectivity index (χ2v) is 6.74. The first-order chi connectivity index (χ1) is 7.61. The molecule has 1 fully saturated rings. The van der Waals surface area contributed by atoms with Crippen LogP contribution in [0.4, 0.5) is 4.79 Å². The number of carbonyl (C=O) groups excluding carboxylic acids is 1. The first-order valence-corrected chi connectivity index (χ1v) is 6.36. The number of carbonyl (C=O) groups is 1. The fourth-order valence-electron chi connectivity index (χ4n) is 2.55. The van der Waals surface area contributed by atoms with Crippen molar-refractivity contribution in [2.75, 3.05) is 20.1 Å². The van der Waals surface area contributed by atoms with Crippen LogP contribution < -0.4 is 5.73 Å². The Kier molecular flexibility index (Phi) is 3.77. The number of amides is 2. The maximum Gasteiger partial charge on any atom is 0.320 e. The summed E-state index contributed by atoms with van der Waals surface area (Å²) in [6.07, 6.45) is 0.837. The lowest BCUT2D eigenvalue weighted by atomic mass is 9.86. The van der Waals surface area contributed by atoms with Crippen molar-refractivity contribution in [3.63, 3.8) is 0 Å². The average molecular weight is 241 g/mol. The third-order valence-electron chi connectivity index (χ3n) is 3.84.